The summed E-state index contributed by atoms with van der Waals surface area (Å²) >= 11 is 0. The van der Waals surface area contributed by atoms with Gasteiger partial charge in [0.1, 0.15) is 5.75 Å². The smallest absolute Gasteiger partial charge is 0.291 e. The molecule has 0 bridgehead atoms. The first-order valence-corrected chi connectivity index (χ1v) is 6.42. The van der Waals surface area contributed by atoms with Crippen molar-refractivity contribution in [1.29, 1.82) is 0 Å². The molecule has 0 atom stereocenters. The van der Waals surface area contributed by atoms with Crippen molar-refractivity contribution in [2.75, 3.05) is 25.1 Å². The van der Waals surface area contributed by atoms with E-state index in [-0.39, 0.29) is 5.56 Å². The Morgan fingerprint density at radius 2 is 2.20 bits per heavy atom. The lowest BCUT2D eigenvalue weighted by Crippen LogP contribution is -2.28. The minimum atomic E-state index is -0.240. The van der Waals surface area contributed by atoms with E-state index in [9.17, 15) is 4.79 Å². The Bertz CT molecular complexity index is 612. The SMILES string of the molecule is COc1ccccc1N(CCCN)c1ncc[nH]c1=O. The molecule has 6 heteroatoms. The fourth-order valence-corrected chi connectivity index (χ4v) is 1.98. The first-order valence-electron chi connectivity index (χ1n) is 6.42. The summed E-state index contributed by atoms with van der Waals surface area (Å²) in [4.78, 5) is 20.6. The maximum Gasteiger partial charge on any atom is 0.291 e. The number of aromatic nitrogens is 2. The number of hydrogen-bond donors (Lipinski definition) is 2. The Morgan fingerprint density at radius 1 is 1.40 bits per heavy atom. The van der Waals surface area contributed by atoms with E-state index in [0.717, 1.165) is 12.1 Å². The molecule has 0 radical (unpaired) electrons. The molecule has 20 heavy (non-hydrogen) atoms. The molecule has 0 unspecified atom stereocenters. The zero-order valence-corrected chi connectivity index (χ0v) is 11.4. The first-order chi connectivity index (χ1) is 9.77. The van der Waals surface area contributed by atoms with Crippen molar-refractivity contribution in [2.24, 2.45) is 5.73 Å². The number of nitrogens with two attached hydrogens (primary N) is 1. The van der Waals surface area contributed by atoms with Crippen LogP contribution in [0.3, 0.4) is 0 Å². The van der Waals surface area contributed by atoms with Crippen LogP contribution in [0.15, 0.2) is 41.5 Å². The predicted molar refractivity (Wildman–Crippen MR) is 78.5 cm³/mol. The van der Waals surface area contributed by atoms with Crippen LogP contribution >= 0.6 is 0 Å². The van der Waals surface area contributed by atoms with Gasteiger partial charge in [0, 0.05) is 18.9 Å². The summed E-state index contributed by atoms with van der Waals surface area (Å²) in [6.45, 7) is 1.13. The van der Waals surface area contributed by atoms with Crippen LogP contribution in [-0.4, -0.2) is 30.2 Å². The average molecular weight is 274 g/mol. The third kappa shape index (κ3) is 2.97. The molecule has 6 nitrogen and oxygen atoms in total. The minimum absolute atomic E-state index is 0.240. The van der Waals surface area contributed by atoms with Gasteiger partial charge in [-0.2, -0.15) is 0 Å². The van der Waals surface area contributed by atoms with Crippen molar-refractivity contribution in [3.8, 4) is 5.75 Å². The van der Waals surface area contributed by atoms with E-state index in [4.69, 9.17) is 10.5 Å². The predicted octanol–water partition coefficient (Wildman–Crippen LogP) is 1.27. The molecule has 1 heterocycles. The highest BCUT2D eigenvalue weighted by atomic mass is 16.5. The first kappa shape index (κ1) is 14.1. The second kappa shape index (κ2) is 6.72. The molecule has 2 rings (SSSR count). The van der Waals surface area contributed by atoms with Gasteiger partial charge in [0.05, 0.1) is 12.8 Å². The lowest BCUT2D eigenvalue weighted by Gasteiger charge is -2.24. The van der Waals surface area contributed by atoms with Crippen LogP contribution in [0.4, 0.5) is 11.5 Å². The maximum absolute atomic E-state index is 12.0. The van der Waals surface area contributed by atoms with Crippen LogP contribution in [-0.2, 0) is 0 Å². The monoisotopic (exact) mass is 274 g/mol. The number of nitrogens with one attached hydrogen (secondary N) is 1. The number of benzene rings is 1. The van der Waals surface area contributed by atoms with Gasteiger partial charge < -0.3 is 20.4 Å². The van der Waals surface area contributed by atoms with Crippen LogP contribution in [0.1, 0.15) is 6.42 Å². The zero-order chi connectivity index (χ0) is 14.4. The van der Waals surface area contributed by atoms with E-state index in [2.05, 4.69) is 9.97 Å². The van der Waals surface area contributed by atoms with Crippen LogP contribution in [0.2, 0.25) is 0 Å². The summed E-state index contributed by atoms with van der Waals surface area (Å²) in [7, 11) is 1.60. The van der Waals surface area contributed by atoms with E-state index in [0.29, 0.717) is 24.7 Å². The largest absolute Gasteiger partial charge is 0.495 e. The molecule has 0 spiro atoms. The van der Waals surface area contributed by atoms with Gasteiger partial charge in [-0.15, -0.1) is 0 Å². The van der Waals surface area contributed by atoms with E-state index in [1.54, 1.807) is 13.3 Å². The van der Waals surface area contributed by atoms with Gasteiger partial charge >= 0.3 is 0 Å². The fraction of sp³-hybridized carbons (Fsp3) is 0.286. The molecule has 2 aromatic rings. The third-order valence-electron chi connectivity index (χ3n) is 2.91. The zero-order valence-electron chi connectivity index (χ0n) is 11.4. The van der Waals surface area contributed by atoms with Crippen molar-refractivity contribution in [3.05, 3.63) is 47.0 Å². The van der Waals surface area contributed by atoms with Gasteiger partial charge in [0.2, 0.25) is 0 Å². The number of H-pyrrole nitrogens is 1. The van der Waals surface area contributed by atoms with Gasteiger partial charge in [-0.25, -0.2) is 4.98 Å². The number of nitrogens with zero attached hydrogens (tertiary/aromatic N) is 2. The number of ether oxygens (including phenoxy) is 1. The number of para-hydroxylation sites is 2. The number of methoxy groups -OCH3 is 1. The molecular formula is C14H18N4O2. The Balaban J connectivity index is 2.47. The highest BCUT2D eigenvalue weighted by Gasteiger charge is 2.17. The van der Waals surface area contributed by atoms with Crippen LogP contribution < -0.4 is 20.9 Å². The lowest BCUT2D eigenvalue weighted by molar-refractivity contribution is 0.415. The van der Waals surface area contributed by atoms with E-state index in [1.807, 2.05) is 29.2 Å². The Labute approximate surface area is 117 Å². The quantitative estimate of drug-likeness (QED) is 0.828. The molecule has 106 valence electrons. The summed E-state index contributed by atoms with van der Waals surface area (Å²) in [6, 6.07) is 7.52. The highest BCUT2D eigenvalue weighted by Crippen LogP contribution is 2.31. The molecule has 1 aromatic carbocycles. The molecule has 1 aromatic heterocycles. The normalized spacial score (nSPS) is 10.3. The Morgan fingerprint density at radius 3 is 2.90 bits per heavy atom. The number of rotatable bonds is 6. The van der Waals surface area contributed by atoms with Crippen molar-refractivity contribution < 1.29 is 4.74 Å². The molecule has 0 aliphatic heterocycles. The molecule has 0 saturated heterocycles. The summed E-state index contributed by atoms with van der Waals surface area (Å²) in [5.41, 5.74) is 6.14. The van der Waals surface area contributed by atoms with Crippen molar-refractivity contribution in [3.63, 3.8) is 0 Å². The summed E-state index contributed by atoms with van der Waals surface area (Å²) in [6.07, 6.45) is 3.81. The third-order valence-corrected chi connectivity index (χ3v) is 2.91. The lowest BCUT2D eigenvalue weighted by atomic mass is 10.2. The Hall–Kier alpha value is -2.34. The molecule has 0 aliphatic carbocycles. The van der Waals surface area contributed by atoms with E-state index in [1.165, 1.54) is 6.20 Å². The van der Waals surface area contributed by atoms with Gasteiger partial charge in [-0.1, -0.05) is 12.1 Å². The second-order valence-electron chi connectivity index (χ2n) is 4.21. The molecule has 0 saturated carbocycles. The van der Waals surface area contributed by atoms with Crippen molar-refractivity contribution >= 4 is 11.5 Å². The number of aromatic amines is 1. The summed E-state index contributed by atoms with van der Waals surface area (Å²) < 4.78 is 5.35. The Kier molecular flexibility index (Phi) is 4.73. The topological polar surface area (TPSA) is 84.2 Å². The molecule has 3 N–H and O–H groups in total. The van der Waals surface area contributed by atoms with Crippen LogP contribution in [0.5, 0.6) is 5.75 Å². The van der Waals surface area contributed by atoms with Gasteiger partial charge in [-0.05, 0) is 25.1 Å². The highest BCUT2D eigenvalue weighted by molar-refractivity contribution is 5.66. The van der Waals surface area contributed by atoms with E-state index < -0.39 is 0 Å². The van der Waals surface area contributed by atoms with E-state index >= 15 is 0 Å². The number of hydrogen-bond acceptors (Lipinski definition) is 5. The van der Waals surface area contributed by atoms with Crippen molar-refractivity contribution in [2.45, 2.75) is 6.42 Å². The molecular weight excluding hydrogens is 256 g/mol. The summed E-state index contributed by atoms with van der Waals surface area (Å²) in [5.74, 6) is 1.03. The van der Waals surface area contributed by atoms with Gasteiger partial charge in [0.25, 0.3) is 5.56 Å². The average Bonchev–Trinajstić information content (AvgIpc) is 2.49. The van der Waals surface area contributed by atoms with Crippen molar-refractivity contribution in [1.82, 2.24) is 9.97 Å². The molecule has 0 fully saturated rings. The van der Waals surface area contributed by atoms with Gasteiger partial charge in [0.15, 0.2) is 5.82 Å². The molecule has 0 aliphatic rings. The standard InChI is InChI=1S/C14H18N4O2/c1-20-12-6-3-2-5-11(12)18(10-4-7-15)13-14(19)17-9-8-16-13/h2-3,5-6,8-9H,4,7,10,15H2,1H3,(H,17,19). The second-order valence-corrected chi connectivity index (χ2v) is 4.21. The maximum atomic E-state index is 12.0. The summed E-state index contributed by atoms with van der Waals surface area (Å²) in [5, 5.41) is 0. The molecule has 0 amide bonds. The van der Waals surface area contributed by atoms with Gasteiger partial charge in [-0.3, -0.25) is 4.79 Å². The van der Waals surface area contributed by atoms with Crippen LogP contribution in [0, 0.1) is 0 Å². The van der Waals surface area contributed by atoms with Crippen LogP contribution in [0.25, 0.3) is 0 Å². The fourth-order valence-electron chi connectivity index (χ4n) is 1.98. The number of anilines is 2. The minimum Gasteiger partial charge on any atom is -0.495 e.